The van der Waals surface area contributed by atoms with Crippen molar-refractivity contribution in [1.82, 2.24) is 0 Å². The van der Waals surface area contributed by atoms with Crippen molar-refractivity contribution >= 4 is 5.78 Å². The van der Waals surface area contributed by atoms with Gasteiger partial charge in [-0.05, 0) is 11.1 Å². The third-order valence-electron chi connectivity index (χ3n) is 9.52. The molecule has 0 aromatic heterocycles. The Hall–Kier alpha value is -4.13. The van der Waals surface area contributed by atoms with Crippen LogP contribution in [0.5, 0.6) is 23.0 Å². The van der Waals surface area contributed by atoms with Gasteiger partial charge in [0.05, 0.1) is 43.1 Å². The van der Waals surface area contributed by atoms with E-state index < -0.39 is 47.7 Å². The average molecular weight is 633 g/mol. The van der Waals surface area contributed by atoms with E-state index in [2.05, 4.69) is 0 Å². The van der Waals surface area contributed by atoms with Crippen LogP contribution in [0.2, 0.25) is 0 Å². The zero-order valence-corrected chi connectivity index (χ0v) is 26.1. The van der Waals surface area contributed by atoms with Crippen LogP contribution in [0.25, 0.3) is 0 Å². The molecule has 1 aliphatic carbocycles. The van der Waals surface area contributed by atoms with E-state index in [1.54, 1.807) is 0 Å². The largest absolute Gasteiger partial charge is 0.492 e. The van der Waals surface area contributed by atoms with E-state index in [9.17, 15) is 15.0 Å². The first-order valence-electron chi connectivity index (χ1n) is 15.0. The van der Waals surface area contributed by atoms with Gasteiger partial charge in [-0.25, -0.2) is 0 Å². The van der Waals surface area contributed by atoms with Crippen molar-refractivity contribution in [2.24, 2.45) is 0 Å². The van der Waals surface area contributed by atoms with E-state index in [1.165, 1.54) is 35.5 Å². The SMILES string of the molecule is COc1c2c(c3c(c1OC)[C@@]1(OC)C4=C(C(=O)[C@H](OC)[C@@]1(OC)O3)[C@H](O)C[C@H](c1ccccc1)O4)[C@H](O)C[C@H](c1ccccc1)O2. The van der Waals surface area contributed by atoms with Gasteiger partial charge in [0.25, 0.3) is 5.79 Å². The molecule has 0 radical (unpaired) electrons. The zero-order chi connectivity index (χ0) is 32.4. The number of fused-ring (bicyclic) bond motifs is 6. The van der Waals surface area contributed by atoms with Gasteiger partial charge in [-0.3, -0.25) is 4.79 Å². The minimum absolute atomic E-state index is 0.00446. The van der Waals surface area contributed by atoms with E-state index in [4.69, 9.17) is 37.9 Å². The minimum atomic E-state index is -2.03. The molecule has 11 nitrogen and oxygen atoms in total. The van der Waals surface area contributed by atoms with E-state index in [-0.39, 0.29) is 58.3 Å². The predicted octanol–water partition coefficient (Wildman–Crippen LogP) is 4.21. The maximum Gasteiger partial charge on any atom is 0.285 e. The molecule has 0 bridgehead atoms. The van der Waals surface area contributed by atoms with Crippen LogP contribution in [-0.2, 0) is 29.3 Å². The summed E-state index contributed by atoms with van der Waals surface area (Å²) < 4.78 is 50.3. The fourth-order valence-electron chi connectivity index (χ4n) is 7.55. The summed E-state index contributed by atoms with van der Waals surface area (Å²) in [6, 6.07) is 18.9. The van der Waals surface area contributed by atoms with Crippen molar-refractivity contribution in [3.05, 3.63) is 94.2 Å². The summed E-state index contributed by atoms with van der Waals surface area (Å²) in [5, 5.41) is 23.4. The maximum absolute atomic E-state index is 14.2. The van der Waals surface area contributed by atoms with Gasteiger partial charge in [0.2, 0.25) is 17.1 Å². The second-order valence-corrected chi connectivity index (χ2v) is 11.6. The number of methoxy groups -OCH3 is 5. The van der Waals surface area contributed by atoms with Crippen molar-refractivity contribution < 1.29 is 52.9 Å². The summed E-state index contributed by atoms with van der Waals surface area (Å²) in [6.07, 6.45) is -4.65. The molecule has 0 amide bonds. The summed E-state index contributed by atoms with van der Waals surface area (Å²) in [7, 11) is 7.05. The minimum Gasteiger partial charge on any atom is -0.492 e. The summed E-state index contributed by atoms with van der Waals surface area (Å²) >= 11 is 0. The van der Waals surface area contributed by atoms with Crippen molar-refractivity contribution in [3.8, 4) is 23.0 Å². The Labute approximate surface area is 266 Å². The molecule has 0 unspecified atom stereocenters. The molecular weight excluding hydrogens is 596 g/mol. The molecule has 0 saturated heterocycles. The lowest BCUT2D eigenvalue weighted by Crippen LogP contribution is -2.69. The number of ketones is 1. The van der Waals surface area contributed by atoms with Crippen LogP contribution in [0.15, 0.2) is 72.0 Å². The average Bonchev–Trinajstić information content (AvgIpc) is 3.39. The van der Waals surface area contributed by atoms with Crippen molar-refractivity contribution in [3.63, 3.8) is 0 Å². The molecule has 3 aromatic rings. The van der Waals surface area contributed by atoms with Crippen molar-refractivity contribution in [2.75, 3.05) is 35.5 Å². The fourth-order valence-corrected chi connectivity index (χ4v) is 7.55. The van der Waals surface area contributed by atoms with E-state index in [0.29, 0.717) is 0 Å². The summed E-state index contributed by atoms with van der Waals surface area (Å²) in [4.78, 5) is 14.2. The fraction of sp³-hybridized carbons (Fsp3) is 0.400. The Bertz CT molecular complexity index is 1690. The highest BCUT2D eigenvalue weighted by Crippen LogP contribution is 2.69. The van der Waals surface area contributed by atoms with Gasteiger partial charge in [0.1, 0.15) is 18.0 Å². The number of rotatable bonds is 7. The first-order valence-corrected chi connectivity index (χ1v) is 15.0. The molecule has 3 heterocycles. The lowest BCUT2D eigenvalue weighted by atomic mass is 9.70. The van der Waals surface area contributed by atoms with Crippen molar-refractivity contribution in [1.29, 1.82) is 0 Å². The zero-order valence-electron chi connectivity index (χ0n) is 26.1. The first kappa shape index (κ1) is 30.5. The van der Waals surface area contributed by atoms with Gasteiger partial charge < -0.3 is 48.1 Å². The third kappa shape index (κ3) is 3.93. The van der Waals surface area contributed by atoms with Gasteiger partial charge in [0.15, 0.2) is 23.4 Å². The number of carbonyl (C=O) groups excluding carboxylic acids is 1. The van der Waals surface area contributed by atoms with E-state index in [1.807, 2.05) is 60.7 Å². The van der Waals surface area contributed by atoms with Crippen LogP contribution in [0.4, 0.5) is 0 Å². The van der Waals surface area contributed by atoms with Crippen LogP contribution in [0, 0.1) is 0 Å². The van der Waals surface area contributed by atoms with Crippen LogP contribution in [0.3, 0.4) is 0 Å². The molecule has 4 aliphatic rings. The Morgan fingerprint density at radius 3 is 1.87 bits per heavy atom. The maximum atomic E-state index is 14.2. The van der Waals surface area contributed by atoms with Gasteiger partial charge in [-0.15, -0.1) is 0 Å². The highest BCUT2D eigenvalue weighted by molar-refractivity contribution is 6.03. The predicted molar refractivity (Wildman–Crippen MR) is 162 cm³/mol. The molecule has 7 rings (SSSR count). The lowest BCUT2D eigenvalue weighted by Gasteiger charge is -2.51. The summed E-state index contributed by atoms with van der Waals surface area (Å²) in [6.45, 7) is 0. The Morgan fingerprint density at radius 2 is 1.33 bits per heavy atom. The number of carbonyl (C=O) groups is 1. The number of hydrogen-bond donors (Lipinski definition) is 2. The Balaban J connectivity index is 1.52. The molecule has 7 atom stereocenters. The number of aliphatic hydroxyl groups is 2. The molecule has 0 saturated carbocycles. The number of ether oxygens (including phenoxy) is 8. The molecule has 11 heteroatoms. The summed E-state index contributed by atoms with van der Waals surface area (Å²) in [5.74, 6) is -1.98. The van der Waals surface area contributed by atoms with Crippen molar-refractivity contribution in [2.45, 2.75) is 54.7 Å². The van der Waals surface area contributed by atoms with Crippen LogP contribution >= 0.6 is 0 Å². The topological polar surface area (TPSA) is 131 Å². The van der Waals surface area contributed by atoms with E-state index in [0.717, 1.165) is 11.1 Å². The molecule has 0 fully saturated rings. The standard InChI is InChI=1S/C35H36O11/c1-39-30-26-28(25-21(37)17-22(18-12-8-6-9-13-18)44-29(25)31(30)40-2)46-35(43-5)33(41-3)27(38)24-20(36)16-23(19-14-10-7-11-15-19)45-32(24)34(26,35)42-4/h6-15,20-23,33,36-37H,16-17H2,1-5H3/t20-,21-,22-,23-,33+,34-,35-/m1/s1. The smallest absolute Gasteiger partial charge is 0.285 e. The Kier molecular flexibility index (Phi) is 7.49. The van der Waals surface area contributed by atoms with Gasteiger partial charge >= 0.3 is 0 Å². The van der Waals surface area contributed by atoms with Gasteiger partial charge in [0, 0.05) is 34.2 Å². The normalized spacial score (nSPS) is 31.0. The highest BCUT2D eigenvalue weighted by atomic mass is 16.8. The van der Waals surface area contributed by atoms with E-state index >= 15 is 0 Å². The van der Waals surface area contributed by atoms with Gasteiger partial charge in [-0.1, -0.05) is 60.7 Å². The molecule has 0 spiro atoms. The third-order valence-corrected chi connectivity index (χ3v) is 9.52. The quantitative estimate of drug-likeness (QED) is 0.388. The van der Waals surface area contributed by atoms with Crippen LogP contribution in [0.1, 0.15) is 53.4 Å². The molecule has 3 aliphatic heterocycles. The first-order chi connectivity index (χ1) is 22.3. The lowest BCUT2D eigenvalue weighted by molar-refractivity contribution is -0.310. The number of Topliss-reactive ketones (excluding diaryl/α,β-unsaturated/α-hetero) is 1. The summed E-state index contributed by atoms with van der Waals surface area (Å²) in [5.41, 5.74) is 0.236. The molecule has 2 N–H and O–H groups in total. The second kappa shape index (κ2) is 11.3. The van der Waals surface area contributed by atoms with Gasteiger partial charge in [-0.2, -0.15) is 0 Å². The highest BCUT2D eigenvalue weighted by Gasteiger charge is 2.77. The number of benzene rings is 3. The second-order valence-electron chi connectivity index (χ2n) is 11.6. The molecular formula is C35H36O11. The monoisotopic (exact) mass is 632 g/mol. The molecule has 242 valence electrons. The molecule has 3 aromatic carbocycles. The number of aliphatic hydroxyl groups excluding tert-OH is 2. The molecule has 46 heavy (non-hydrogen) atoms. The van der Waals surface area contributed by atoms with Crippen LogP contribution in [-0.4, -0.2) is 69.5 Å². The number of hydrogen-bond acceptors (Lipinski definition) is 11. The Morgan fingerprint density at radius 1 is 0.739 bits per heavy atom. The van der Waals surface area contributed by atoms with Crippen LogP contribution < -0.4 is 18.9 Å².